The topological polar surface area (TPSA) is 121 Å². The molecule has 30 heavy (non-hydrogen) atoms. The third-order valence-electron chi connectivity index (χ3n) is 5.95. The van der Waals surface area contributed by atoms with E-state index in [0.717, 1.165) is 66.8 Å². The van der Waals surface area contributed by atoms with Gasteiger partial charge in [-0.1, -0.05) is 11.2 Å². The molecule has 2 fully saturated rings. The van der Waals surface area contributed by atoms with Crippen molar-refractivity contribution in [1.82, 2.24) is 35.2 Å². The van der Waals surface area contributed by atoms with Crippen molar-refractivity contribution >= 4 is 16.9 Å². The second kappa shape index (κ2) is 6.88. The normalized spacial score (nSPS) is 19.4. The smallest absolute Gasteiger partial charge is 0.164 e. The predicted molar refractivity (Wildman–Crippen MR) is 112 cm³/mol. The third kappa shape index (κ3) is 2.77. The van der Waals surface area contributed by atoms with Gasteiger partial charge < -0.3 is 15.6 Å². The van der Waals surface area contributed by atoms with Gasteiger partial charge in [0.1, 0.15) is 29.3 Å². The Morgan fingerprint density at radius 3 is 2.80 bits per heavy atom. The molecule has 0 bridgehead atoms. The molecule has 1 aliphatic carbocycles. The maximum Gasteiger partial charge on any atom is 0.164 e. The lowest BCUT2D eigenvalue weighted by Crippen LogP contribution is -2.32. The molecule has 6 rings (SSSR count). The van der Waals surface area contributed by atoms with E-state index in [0.29, 0.717) is 23.1 Å². The Kier molecular flexibility index (Phi) is 4.02. The molecule has 1 atom stereocenters. The lowest BCUT2D eigenvalue weighted by Gasteiger charge is -2.23. The van der Waals surface area contributed by atoms with Gasteiger partial charge in [-0.25, -0.2) is 14.6 Å². The van der Waals surface area contributed by atoms with Crippen LogP contribution in [-0.4, -0.2) is 43.0 Å². The zero-order chi connectivity index (χ0) is 20.1. The summed E-state index contributed by atoms with van der Waals surface area (Å²) in [5, 5.41) is 13.6. The van der Waals surface area contributed by atoms with Crippen LogP contribution in [0.25, 0.3) is 33.7 Å². The molecule has 0 spiro atoms. The molecule has 9 heteroatoms. The van der Waals surface area contributed by atoms with Gasteiger partial charge in [-0.05, 0) is 44.4 Å². The van der Waals surface area contributed by atoms with Crippen molar-refractivity contribution in [3.8, 4) is 22.6 Å². The first-order valence-corrected chi connectivity index (χ1v) is 10.4. The molecule has 4 aromatic heterocycles. The minimum absolute atomic E-state index is 0.206. The highest BCUT2D eigenvalue weighted by Crippen LogP contribution is 2.48. The average Bonchev–Trinajstić information content (AvgIpc) is 3.42. The number of nitrogen functional groups attached to an aromatic ring is 1. The highest BCUT2D eigenvalue weighted by atomic mass is 16.5. The molecule has 3 N–H and O–H groups in total. The number of piperidine rings is 1. The van der Waals surface area contributed by atoms with Crippen molar-refractivity contribution in [3.05, 3.63) is 36.5 Å². The van der Waals surface area contributed by atoms with Gasteiger partial charge in [-0.2, -0.15) is 5.10 Å². The summed E-state index contributed by atoms with van der Waals surface area (Å²) in [7, 11) is 0. The Hall–Kier alpha value is -3.33. The Morgan fingerprint density at radius 1 is 1.10 bits per heavy atom. The fraction of sp³-hybridized carbons (Fsp3) is 0.381. The minimum Gasteiger partial charge on any atom is -0.383 e. The van der Waals surface area contributed by atoms with Crippen LogP contribution >= 0.6 is 0 Å². The lowest BCUT2D eigenvalue weighted by atomic mass is 10.0. The van der Waals surface area contributed by atoms with E-state index in [1.54, 1.807) is 6.20 Å². The van der Waals surface area contributed by atoms with E-state index in [4.69, 9.17) is 15.4 Å². The third-order valence-corrected chi connectivity index (χ3v) is 5.95. The number of aromatic nitrogens is 6. The lowest BCUT2D eigenvalue weighted by molar-refractivity contribution is 0.353. The number of hydrogen-bond acceptors (Lipinski definition) is 8. The monoisotopic (exact) mass is 402 g/mol. The largest absolute Gasteiger partial charge is 0.383 e. The maximum atomic E-state index is 6.31. The van der Waals surface area contributed by atoms with Crippen LogP contribution < -0.4 is 11.1 Å². The van der Waals surface area contributed by atoms with E-state index < -0.39 is 0 Å². The Balaban J connectivity index is 1.59. The second-order valence-electron chi connectivity index (χ2n) is 8.01. The van der Waals surface area contributed by atoms with E-state index in [2.05, 4.69) is 25.4 Å². The summed E-state index contributed by atoms with van der Waals surface area (Å²) in [4.78, 5) is 13.3. The van der Waals surface area contributed by atoms with Crippen molar-refractivity contribution < 1.29 is 4.52 Å². The molecule has 1 saturated carbocycles. The van der Waals surface area contributed by atoms with Gasteiger partial charge in [0.15, 0.2) is 5.65 Å². The first-order valence-electron chi connectivity index (χ1n) is 10.4. The number of nitrogens with two attached hydrogens (primary N) is 1. The Morgan fingerprint density at radius 2 is 2.03 bits per heavy atom. The number of nitrogens with zero attached hydrogens (tertiary/aromatic N) is 6. The van der Waals surface area contributed by atoms with Gasteiger partial charge in [0, 0.05) is 18.7 Å². The highest BCUT2D eigenvalue weighted by Gasteiger charge is 2.35. The molecule has 152 valence electrons. The molecule has 0 radical (unpaired) electrons. The highest BCUT2D eigenvalue weighted by molar-refractivity contribution is 6.00. The summed E-state index contributed by atoms with van der Waals surface area (Å²) < 4.78 is 7.81. The summed E-state index contributed by atoms with van der Waals surface area (Å²) in [6.07, 6.45) is 7.60. The van der Waals surface area contributed by atoms with E-state index in [1.807, 2.05) is 22.9 Å². The fourth-order valence-electron chi connectivity index (χ4n) is 4.30. The molecule has 4 aromatic rings. The van der Waals surface area contributed by atoms with Crippen LogP contribution in [0, 0.1) is 0 Å². The summed E-state index contributed by atoms with van der Waals surface area (Å²) in [6.45, 7) is 1.87. The van der Waals surface area contributed by atoms with Gasteiger partial charge in [-0.3, -0.25) is 4.98 Å². The number of anilines is 1. The zero-order valence-corrected chi connectivity index (χ0v) is 16.5. The van der Waals surface area contributed by atoms with Crippen LogP contribution in [0.3, 0.4) is 0 Å². The van der Waals surface area contributed by atoms with E-state index in [9.17, 15) is 0 Å². The van der Waals surface area contributed by atoms with Crippen LogP contribution in [0.15, 0.2) is 35.2 Å². The van der Waals surface area contributed by atoms with Crippen LogP contribution in [0.1, 0.15) is 43.4 Å². The summed E-state index contributed by atoms with van der Waals surface area (Å²) >= 11 is 0. The molecule has 0 aromatic carbocycles. The summed E-state index contributed by atoms with van der Waals surface area (Å²) in [5.41, 5.74) is 10.1. The molecular formula is C21H22N8O. The van der Waals surface area contributed by atoms with Crippen molar-refractivity contribution in [1.29, 1.82) is 0 Å². The first-order chi connectivity index (χ1) is 14.8. The second-order valence-corrected chi connectivity index (χ2v) is 8.01. The SMILES string of the molecule is Nc1ncnc2c1c(-c1noc(C3CC3)c1-c1ccccn1)nn2[C@@H]1CCCNC1. The van der Waals surface area contributed by atoms with Crippen molar-refractivity contribution in [3.63, 3.8) is 0 Å². The Labute approximate surface area is 172 Å². The van der Waals surface area contributed by atoms with Gasteiger partial charge in [0.2, 0.25) is 0 Å². The molecule has 0 unspecified atom stereocenters. The molecule has 1 saturated heterocycles. The molecule has 5 heterocycles. The quantitative estimate of drug-likeness (QED) is 0.534. The molecule has 1 aliphatic heterocycles. The van der Waals surface area contributed by atoms with E-state index in [-0.39, 0.29) is 6.04 Å². The zero-order valence-electron chi connectivity index (χ0n) is 16.5. The minimum atomic E-state index is 0.206. The van der Waals surface area contributed by atoms with Crippen LogP contribution in [0.4, 0.5) is 5.82 Å². The predicted octanol–water partition coefficient (Wildman–Crippen LogP) is 2.93. The molecule has 0 amide bonds. The average molecular weight is 402 g/mol. The van der Waals surface area contributed by atoms with Crippen molar-refractivity contribution in [2.45, 2.75) is 37.6 Å². The van der Waals surface area contributed by atoms with Crippen molar-refractivity contribution in [2.24, 2.45) is 0 Å². The van der Waals surface area contributed by atoms with E-state index in [1.165, 1.54) is 6.33 Å². The summed E-state index contributed by atoms with van der Waals surface area (Å²) in [5.74, 6) is 1.65. The van der Waals surface area contributed by atoms with Gasteiger partial charge in [-0.15, -0.1) is 0 Å². The van der Waals surface area contributed by atoms with Crippen LogP contribution in [0.5, 0.6) is 0 Å². The van der Waals surface area contributed by atoms with Gasteiger partial charge >= 0.3 is 0 Å². The summed E-state index contributed by atoms with van der Waals surface area (Å²) in [6, 6.07) is 6.06. The number of rotatable bonds is 4. The standard InChI is InChI=1S/C21H22N8O/c22-20-16-17(27-29(21(16)26-11-25-20)13-4-3-8-23-10-13)18-15(14-5-1-2-9-24-14)19(30-28-18)12-6-7-12/h1-2,5,9,11-13,23H,3-4,6-8,10H2,(H2,22,25,26)/t13-/m1/s1. The van der Waals surface area contributed by atoms with Gasteiger partial charge in [0.25, 0.3) is 0 Å². The molecule has 9 nitrogen and oxygen atoms in total. The van der Waals surface area contributed by atoms with Gasteiger partial charge in [0.05, 0.1) is 22.7 Å². The van der Waals surface area contributed by atoms with Crippen molar-refractivity contribution in [2.75, 3.05) is 18.8 Å². The number of hydrogen-bond donors (Lipinski definition) is 2. The number of pyridine rings is 1. The van der Waals surface area contributed by atoms with Crippen LogP contribution in [0.2, 0.25) is 0 Å². The van der Waals surface area contributed by atoms with E-state index >= 15 is 0 Å². The number of fused-ring (bicyclic) bond motifs is 1. The molecular weight excluding hydrogens is 380 g/mol. The maximum absolute atomic E-state index is 6.31. The fourth-order valence-corrected chi connectivity index (χ4v) is 4.30. The number of nitrogens with one attached hydrogen (secondary N) is 1. The first kappa shape index (κ1) is 17.5. The van der Waals surface area contributed by atoms with Crippen LogP contribution in [-0.2, 0) is 0 Å². The molecule has 2 aliphatic rings. The Bertz CT molecular complexity index is 1200.